The van der Waals surface area contributed by atoms with Gasteiger partial charge in [-0.3, -0.25) is 4.79 Å². The van der Waals surface area contributed by atoms with Crippen LogP contribution in [-0.2, 0) is 4.79 Å². The molecular formula is C10H18N2O. The molecule has 3 unspecified atom stereocenters. The monoisotopic (exact) mass is 182 g/mol. The normalized spacial score (nSPS) is 38.5. The fraction of sp³-hybridized carbons (Fsp3) is 0.900. The number of likely N-dealkylation sites (tertiary alicyclic amines) is 1. The highest BCUT2D eigenvalue weighted by Gasteiger charge is 2.46. The molecule has 1 saturated carbocycles. The molecule has 0 aromatic rings. The summed E-state index contributed by atoms with van der Waals surface area (Å²) in [7, 11) is 1.87. The van der Waals surface area contributed by atoms with E-state index in [1.165, 1.54) is 12.8 Å². The zero-order valence-electron chi connectivity index (χ0n) is 8.42. The molecular weight excluding hydrogens is 164 g/mol. The topological polar surface area (TPSA) is 32.3 Å². The van der Waals surface area contributed by atoms with Crippen LogP contribution >= 0.6 is 0 Å². The molecule has 2 rings (SSSR count). The van der Waals surface area contributed by atoms with E-state index < -0.39 is 0 Å². The van der Waals surface area contributed by atoms with Gasteiger partial charge in [-0.2, -0.15) is 0 Å². The molecule has 3 nitrogen and oxygen atoms in total. The van der Waals surface area contributed by atoms with Crippen LogP contribution in [0.3, 0.4) is 0 Å². The van der Waals surface area contributed by atoms with Gasteiger partial charge in [0.15, 0.2) is 0 Å². The molecule has 2 fully saturated rings. The van der Waals surface area contributed by atoms with Crippen LogP contribution in [0.15, 0.2) is 0 Å². The first-order chi connectivity index (χ1) is 6.27. The lowest BCUT2D eigenvalue weighted by molar-refractivity contribution is -0.129. The second-order valence-corrected chi connectivity index (χ2v) is 4.13. The molecule has 13 heavy (non-hydrogen) atoms. The SMILES string of the molecule is CCC1CC1N1CCC(NC)C1=O. The highest BCUT2D eigenvalue weighted by atomic mass is 16.2. The van der Waals surface area contributed by atoms with Crippen molar-refractivity contribution in [2.24, 2.45) is 5.92 Å². The maximum atomic E-state index is 11.7. The van der Waals surface area contributed by atoms with E-state index in [-0.39, 0.29) is 6.04 Å². The van der Waals surface area contributed by atoms with E-state index in [4.69, 9.17) is 0 Å². The van der Waals surface area contributed by atoms with Crippen molar-refractivity contribution in [3.8, 4) is 0 Å². The smallest absolute Gasteiger partial charge is 0.240 e. The third-order valence-electron chi connectivity index (χ3n) is 3.40. The maximum absolute atomic E-state index is 11.7. The van der Waals surface area contributed by atoms with Crippen molar-refractivity contribution < 1.29 is 4.79 Å². The molecule has 74 valence electrons. The highest BCUT2D eigenvalue weighted by molar-refractivity contribution is 5.84. The van der Waals surface area contributed by atoms with Crippen LogP contribution in [-0.4, -0.2) is 36.5 Å². The molecule has 0 aromatic heterocycles. The van der Waals surface area contributed by atoms with Crippen molar-refractivity contribution in [3.63, 3.8) is 0 Å². The highest BCUT2D eigenvalue weighted by Crippen LogP contribution is 2.40. The van der Waals surface area contributed by atoms with Crippen LogP contribution in [0.25, 0.3) is 0 Å². The number of amides is 1. The maximum Gasteiger partial charge on any atom is 0.240 e. The van der Waals surface area contributed by atoms with Crippen LogP contribution in [0.2, 0.25) is 0 Å². The van der Waals surface area contributed by atoms with Gasteiger partial charge in [-0.15, -0.1) is 0 Å². The largest absolute Gasteiger partial charge is 0.338 e. The zero-order valence-corrected chi connectivity index (χ0v) is 8.42. The molecule has 1 aliphatic heterocycles. The predicted molar refractivity (Wildman–Crippen MR) is 51.4 cm³/mol. The molecule has 1 amide bonds. The minimum absolute atomic E-state index is 0.0955. The van der Waals surface area contributed by atoms with E-state index in [1.807, 2.05) is 7.05 Å². The molecule has 1 N–H and O–H groups in total. The molecule has 0 spiro atoms. The van der Waals surface area contributed by atoms with Crippen LogP contribution in [0.5, 0.6) is 0 Å². The molecule has 1 aliphatic carbocycles. The van der Waals surface area contributed by atoms with Crippen molar-refractivity contribution in [1.82, 2.24) is 10.2 Å². The summed E-state index contributed by atoms with van der Waals surface area (Å²) in [6, 6.07) is 0.675. The van der Waals surface area contributed by atoms with Gasteiger partial charge < -0.3 is 10.2 Å². The number of likely N-dealkylation sites (N-methyl/N-ethyl adjacent to an activating group) is 1. The van der Waals surface area contributed by atoms with Crippen molar-refractivity contribution >= 4 is 5.91 Å². The Morgan fingerprint density at radius 1 is 1.62 bits per heavy atom. The summed E-state index contributed by atoms with van der Waals surface area (Å²) in [5, 5.41) is 3.07. The predicted octanol–water partition coefficient (Wildman–Crippen LogP) is 0.605. The van der Waals surface area contributed by atoms with E-state index in [0.29, 0.717) is 11.9 Å². The summed E-state index contributed by atoms with van der Waals surface area (Å²) in [6.45, 7) is 3.17. The Bertz CT molecular complexity index is 217. The molecule has 2 aliphatic rings. The van der Waals surface area contributed by atoms with Gasteiger partial charge in [0.1, 0.15) is 0 Å². The average Bonchev–Trinajstić information content (AvgIpc) is 2.83. The van der Waals surface area contributed by atoms with Crippen molar-refractivity contribution in [3.05, 3.63) is 0 Å². The van der Waals surface area contributed by atoms with Gasteiger partial charge in [0.25, 0.3) is 0 Å². The molecule has 0 radical (unpaired) electrons. The first-order valence-corrected chi connectivity index (χ1v) is 5.25. The number of nitrogens with zero attached hydrogens (tertiary/aromatic N) is 1. The molecule has 1 heterocycles. The molecule has 3 atom stereocenters. The Hall–Kier alpha value is -0.570. The van der Waals surface area contributed by atoms with Crippen LogP contribution in [0.1, 0.15) is 26.2 Å². The summed E-state index contributed by atoms with van der Waals surface area (Å²) >= 11 is 0. The minimum atomic E-state index is 0.0955. The Morgan fingerprint density at radius 2 is 2.38 bits per heavy atom. The lowest BCUT2D eigenvalue weighted by atomic mass is 10.2. The van der Waals surface area contributed by atoms with Gasteiger partial charge in [0.2, 0.25) is 5.91 Å². The van der Waals surface area contributed by atoms with E-state index in [2.05, 4.69) is 17.1 Å². The number of rotatable bonds is 3. The van der Waals surface area contributed by atoms with Crippen molar-refractivity contribution in [1.29, 1.82) is 0 Å². The summed E-state index contributed by atoms with van der Waals surface area (Å²) < 4.78 is 0. The van der Waals surface area contributed by atoms with Gasteiger partial charge in [-0.1, -0.05) is 13.3 Å². The van der Waals surface area contributed by atoms with Gasteiger partial charge in [0.05, 0.1) is 6.04 Å². The van der Waals surface area contributed by atoms with Crippen molar-refractivity contribution in [2.75, 3.05) is 13.6 Å². The fourth-order valence-corrected chi connectivity index (χ4v) is 2.35. The molecule has 0 aromatic carbocycles. The lowest BCUT2D eigenvalue weighted by Gasteiger charge is -2.16. The average molecular weight is 182 g/mol. The fourth-order valence-electron chi connectivity index (χ4n) is 2.35. The van der Waals surface area contributed by atoms with Gasteiger partial charge >= 0.3 is 0 Å². The first-order valence-electron chi connectivity index (χ1n) is 5.25. The number of carbonyl (C=O) groups is 1. The third kappa shape index (κ3) is 1.46. The van der Waals surface area contributed by atoms with Crippen molar-refractivity contribution in [2.45, 2.75) is 38.3 Å². The van der Waals surface area contributed by atoms with E-state index in [9.17, 15) is 4.79 Å². The summed E-state index contributed by atoms with van der Waals surface area (Å²) in [6.07, 6.45) is 3.44. The van der Waals surface area contributed by atoms with E-state index >= 15 is 0 Å². The van der Waals surface area contributed by atoms with E-state index in [0.717, 1.165) is 18.9 Å². The van der Waals surface area contributed by atoms with Gasteiger partial charge in [0, 0.05) is 12.6 Å². The summed E-state index contributed by atoms with van der Waals surface area (Å²) in [4.78, 5) is 13.8. The van der Waals surface area contributed by atoms with Crippen LogP contribution in [0.4, 0.5) is 0 Å². The Kier molecular flexibility index (Phi) is 2.28. The standard InChI is InChI=1S/C10H18N2O/c1-3-7-6-9(7)12-5-4-8(11-2)10(12)13/h7-9,11H,3-6H2,1-2H3. The van der Waals surface area contributed by atoms with Gasteiger partial charge in [-0.05, 0) is 25.8 Å². The quantitative estimate of drug-likeness (QED) is 0.693. The molecule has 1 saturated heterocycles. The number of nitrogens with one attached hydrogen (secondary N) is 1. The Labute approximate surface area is 79.5 Å². The number of carbonyl (C=O) groups excluding carboxylic acids is 1. The first kappa shape index (κ1) is 9.00. The second-order valence-electron chi connectivity index (χ2n) is 4.13. The van der Waals surface area contributed by atoms with E-state index in [1.54, 1.807) is 0 Å². The van der Waals surface area contributed by atoms with Crippen LogP contribution < -0.4 is 5.32 Å². The number of hydrogen-bond acceptors (Lipinski definition) is 2. The minimum Gasteiger partial charge on any atom is -0.338 e. The Balaban J connectivity index is 1.92. The second kappa shape index (κ2) is 3.29. The zero-order chi connectivity index (χ0) is 9.42. The number of hydrogen-bond donors (Lipinski definition) is 1. The molecule has 3 heteroatoms. The summed E-state index contributed by atoms with van der Waals surface area (Å²) in [5.41, 5.74) is 0. The molecule has 0 bridgehead atoms. The lowest BCUT2D eigenvalue weighted by Crippen LogP contribution is -2.37. The Morgan fingerprint density at radius 3 is 2.85 bits per heavy atom. The van der Waals surface area contributed by atoms with Crippen LogP contribution in [0, 0.1) is 5.92 Å². The summed E-state index contributed by atoms with van der Waals surface area (Å²) in [5.74, 6) is 1.11. The van der Waals surface area contributed by atoms with Gasteiger partial charge in [-0.25, -0.2) is 0 Å². The third-order valence-corrected chi connectivity index (χ3v) is 3.40.